The van der Waals surface area contributed by atoms with Crippen LogP contribution in [0.2, 0.25) is 0 Å². The molecule has 4 heteroatoms. The fourth-order valence-electron chi connectivity index (χ4n) is 4.17. The van der Waals surface area contributed by atoms with Gasteiger partial charge in [0.2, 0.25) is 0 Å². The number of benzene rings is 1. The Labute approximate surface area is 136 Å². The summed E-state index contributed by atoms with van der Waals surface area (Å²) in [6, 6.07) is 4.61. The molecule has 0 saturated carbocycles. The maximum Gasteiger partial charge on any atom is 0.140 e. The molecule has 0 spiro atoms. The number of hydrogen-bond donors (Lipinski definition) is 1. The second-order valence-corrected chi connectivity index (χ2v) is 7.03. The topological polar surface area (TPSA) is 55.5 Å². The van der Waals surface area contributed by atoms with Gasteiger partial charge in [-0.25, -0.2) is 0 Å². The smallest absolute Gasteiger partial charge is 0.140 e. The second kappa shape index (κ2) is 5.11. The molecule has 0 amide bonds. The van der Waals surface area contributed by atoms with Gasteiger partial charge >= 0.3 is 0 Å². The monoisotopic (exact) mass is 312 g/mol. The zero-order valence-electron chi connectivity index (χ0n) is 14.3. The fourth-order valence-corrected chi connectivity index (χ4v) is 4.17. The largest absolute Gasteiger partial charge is 0.461 e. The van der Waals surface area contributed by atoms with E-state index in [1.54, 1.807) is 0 Å². The lowest BCUT2D eigenvalue weighted by atomic mass is 9.93. The molecule has 2 unspecified atom stereocenters. The van der Waals surface area contributed by atoms with Gasteiger partial charge in [-0.15, -0.1) is 0 Å². The summed E-state index contributed by atoms with van der Waals surface area (Å²) < 4.78 is 12.1. The van der Waals surface area contributed by atoms with Crippen molar-refractivity contribution in [3.05, 3.63) is 34.8 Å². The molecule has 23 heavy (non-hydrogen) atoms. The maximum absolute atomic E-state index is 6.13. The van der Waals surface area contributed by atoms with Crippen LogP contribution in [0.5, 0.6) is 0 Å². The Morgan fingerprint density at radius 2 is 1.74 bits per heavy atom. The highest BCUT2D eigenvalue weighted by atomic mass is 16.3. The summed E-state index contributed by atoms with van der Waals surface area (Å²) in [4.78, 5) is 2.40. The summed E-state index contributed by atoms with van der Waals surface area (Å²) in [6.07, 6.45) is 1.07. The van der Waals surface area contributed by atoms with Crippen molar-refractivity contribution in [1.29, 1.82) is 0 Å². The summed E-state index contributed by atoms with van der Waals surface area (Å²) in [5, 5.41) is 2.36. The maximum atomic E-state index is 6.13. The molecule has 3 aromatic rings. The van der Waals surface area contributed by atoms with Crippen molar-refractivity contribution in [2.75, 3.05) is 20.1 Å². The summed E-state index contributed by atoms with van der Waals surface area (Å²) >= 11 is 0. The van der Waals surface area contributed by atoms with Crippen LogP contribution in [0.1, 0.15) is 35.1 Å². The molecule has 3 heterocycles. The Morgan fingerprint density at radius 1 is 1.09 bits per heavy atom. The summed E-state index contributed by atoms with van der Waals surface area (Å²) in [5.74, 6) is 2.44. The van der Waals surface area contributed by atoms with Crippen molar-refractivity contribution in [3.8, 4) is 0 Å². The number of likely N-dealkylation sites (tertiary alicyclic amines) is 1. The number of nitrogens with zero attached hydrogens (tertiary/aromatic N) is 1. The quantitative estimate of drug-likeness (QED) is 0.775. The summed E-state index contributed by atoms with van der Waals surface area (Å²) in [7, 11) is 2.18. The highest BCUT2D eigenvalue weighted by molar-refractivity contribution is 6.02. The minimum absolute atomic E-state index is 0.330. The third-order valence-electron chi connectivity index (χ3n) is 5.29. The van der Waals surface area contributed by atoms with E-state index in [4.69, 9.17) is 14.6 Å². The molecule has 0 aliphatic carbocycles. The third kappa shape index (κ3) is 2.12. The minimum atomic E-state index is 0.330. The highest BCUT2D eigenvalue weighted by Crippen LogP contribution is 2.44. The second-order valence-electron chi connectivity index (χ2n) is 7.03. The molecule has 2 atom stereocenters. The Balaban J connectivity index is 2.04. The molecule has 122 valence electrons. The third-order valence-corrected chi connectivity index (χ3v) is 5.29. The fraction of sp³-hybridized carbons (Fsp3) is 0.474. The first-order chi connectivity index (χ1) is 11.0. The summed E-state index contributed by atoms with van der Waals surface area (Å²) in [6.45, 7) is 7.91. The van der Waals surface area contributed by atoms with Crippen LogP contribution in [0.3, 0.4) is 0 Å². The van der Waals surface area contributed by atoms with Gasteiger partial charge in [0, 0.05) is 34.5 Å². The Kier molecular flexibility index (Phi) is 3.29. The van der Waals surface area contributed by atoms with Crippen LogP contribution in [0.4, 0.5) is 0 Å². The van der Waals surface area contributed by atoms with E-state index in [0.29, 0.717) is 12.0 Å². The first kappa shape index (κ1) is 14.8. The number of fused-ring (bicyclic) bond motifs is 2. The van der Waals surface area contributed by atoms with Gasteiger partial charge in [-0.2, -0.15) is 0 Å². The van der Waals surface area contributed by atoms with Crippen LogP contribution in [-0.2, 0) is 0 Å². The number of hydrogen-bond acceptors (Lipinski definition) is 4. The van der Waals surface area contributed by atoms with Crippen LogP contribution in [-0.4, -0.2) is 25.0 Å². The highest BCUT2D eigenvalue weighted by Gasteiger charge is 2.34. The number of rotatable bonds is 2. The molecule has 1 fully saturated rings. The normalized spacial score (nSPS) is 22.7. The lowest BCUT2D eigenvalue weighted by molar-refractivity contribution is 0.314. The van der Waals surface area contributed by atoms with Gasteiger partial charge in [-0.3, -0.25) is 4.90 Å². The molecule has 2 aromatic heterocycles. The first-order valence-electron chi connectivity index (χ1n) is 8.32. The van der Waals surface area contributed by atoms with E-state index >= 15 is 0 Å². The lowest BCUT2D eigenvalue weighted by Crippen LogP contribution is -2.20. The van der Waals surface area contributed by atoms with Crippen molar-refractivity contribution in [2.45, 2.75) is 33.2 Å². The predicted octanol–water partition coefficient (Wildman–Crippen LogP) is 4.06. The zero-order chi connectivity index (χ0) is 16.3. The van der Waals surface area contributed by atoms with E-state index < -0.39 is 0 Å². The average molecular weight is 312 g/mol. The van der Waals surface area contributed by atoms with E-state index in [9.17, 15) is 0 Å². The molecular formula is C19H24N2O2. The van der Waals surface area contributed by atoms with Gasteiger partial charge < -0.3 is 14.6 Å². The van der Waals surface area contributed by atoms with Crippen molar-refractivity contribution in [2.24, 2.45) is 11.7 Å². The van der Waals surface area contributed by atoms with Gasteiger partial charge in [0.15, 0.2) is 0 Å². The SMILES string of the molecule is Cc1cc2c(C3CC(CN)CN3C)c3oc(C)cc3c(C)c2o1. The Hall–Kier alpha value is -1.78. The Bertz CT molecular complexity index is 832. The van der Waals surface area contributed by atoms with Gasteiger partial charge in [0.1, 0.15) is 22.7 Å². The van der Waals surface area contributed by atoms with Crippen LogP contribution < -0.4 is 5.73 Å². The van der Waals surface area contributed by atoms with E-state index in [-0.39, 0.29) is 0 Å². The van der Waals surface area contributed by atoms with E-state index in [1.807, 2.05) is 13.8 Å². The van der Waals surface area contributed by atoms with Crippen LogP contribution in [0, 0.1) is 26.7 Å². The molecule has 1 aliphatic heterocycles. The minimum Gasteiger partial charge on any atom is -0.461 e. The predicted molar refractivity (Wildman–Crippen MR) is 92.7 cm³/mol. The van der Waals surface area contributed by atoms with Gasteiger partial charge in [0.05, 0.1) is 0 Å². The standard InChI is InChI=1S/C19H24N2O2/c1-10-5-14-12(3)18-15(6-11(2)22-18)17(19(14)23-10)16-7-13(8-20)9-21(16)4/h5-6,13,16H,7-9,20H2,1-4H3. The van der Waals surface area contributed by atoms with Gasteiger partial charge in [0.25, 0.3) is 0 Å². The molecule has 0 radical (unpaired) electrons. The lowest BCUT2D eigenvalue weighted by Gasteiger charge is -2.21. The van der Waals surface area contributed by atoms with E-state index in [2.05, 4.69) is 31.0 Å². The molecule has 2 N–H and O–H groups in total. The number of nitrogens with two attached hydrogens (primary N) is 1. The van der Waals surface area contributed by atoms with E-state index in [1.165, 1.54) is 21.9 Å². The molecular weight excluding hydrogens is 288 g/mol. The average Bonchev–Trinajstić information content (AvgIpc) is 3.17. The van der Waals surface area contributed by atoms with Crippen LogP contribution in [0.25, 0.3) is 21.9 Å². The van der Waals surface area contributed by atoms with Gasteiger partial charge in [-0.1, -0.05) is 0 Å². The zero-order valence-corrected chi connectivity index (χ0v) is 14.3. The van der Waals surface area contributed by atoms with Crippen molar-refractivity contribution >= 4 is 21.9 Å². The Morgan fingerprint density at radius 3 is 2.39 bits per heavy atom. The van der Waals surface area contributed by atoms with Gasteiger partial charge in [-0.05, 0) is 58.8 Å². The molecule has 1 aliphatic rings. The molecule has 4 nitrogen and oxygen atoms in total. The number of aryl methyl sites for hydroxylation is 3. The summed E-state index contributed by atoms with van der Waals surface area (Å²) in [5.41, 5.74) is 10.4. The molecule has 0 bridgehead atoms. The van der Waals surface area contributed by atoms with Crippen molar-refractivity contribution in [1.82, 2.24) is 4.90 Å². The van der Waals surface area contributed by atoms with Crippen LogP contribution >= 0.6 is 0 Å². The van der Waals surface area contributed by atoms with Crippen molar-refractivity contribution < 1.29 is 8.83 Å². The van der Waals surface area contributed by atoms with E-state index in [0.717, 1.165) is 42.2 Å². The first-order valence-corrected chi connectivity index (χ1v) is 8.32. The van der Waals surface area contributed by atoms with Crippen LogP contribution in [0.15, 0.2) is 21.0 Å². The van der Waals surface area contributed by atoms with Crippen molar-refractivity contribution in [3.63, 3.8) is 0 Å². The molecule has 1 aromatic carbocycles. The molecule has 1 saturated heterocycles. The number of furan rings is 2. The molecule has 4 rings (SSSR count).